The molecule has 0 heterocycles. The molecule has 0 saturated heterocycles. The first kappa shape index (κ1) is 22.0. The molecule has 0 unspecified atom stereocenters. The van der Waals surface area contributed by atoms with Gasteiger partial charge in [-0.2, -0.15) is 0 Å². The Morgan fingerprint density at radius 1 is 0.933 bits per heavy atom. The standard InChI is InChI=1S/C24H27NO4S/c1-19-11-13-23(14-12-19)30(27,28)25-22(17-20-7-3-2-4-8-20)15-16-29-24-10-6-5-9-21(24)18-26/h2-14,22,25-26H,15-18H2,1H3/t22-/m1/s1. The van der Waals surface area contributed by atoms with E-state index in [9.17, 15) is 13.5 Å². The SMILES string of the molecule is Cc1ccc(S(=O)(=O)N[C@H](CCOc2ccccc2CO)Cc2ccccc2)cc1. The highest BCUT2D eigenvalue weighted by Crippen LogP contribution is 2.19. The smallest absolute Gasteiger partial charge is 0.240 e. The number of sulfonamides is 1. The number of aliphatic hydroxyl groups is 1. The topological polar surface area (TPSA) is 75.6 Å². The largest absolute Gasteiger partial charge is 0.493 e. The third-order valence-electron chi connectivity index (χ3n) is 4.84. The van der Waals surface area contributed by atoms with Gasteiger partial charge in [-0.1, -0.05) is 66.2 Å². The molecule has 3 rings (SSSR count). The average Bonchev–Trinajstić information content (AvgIpc) is 2.75. The lowest BCUT2D eigenvalue weighted by Gasteiger charge is -2.20. The minimum Gasteiger partial charge on any atom is -0.493 e. The van der Waals surface area contributed by atoms with Crippen molar-refractivity contribution < 1.29 is 18.3 Å². The summed E-state index contributed by atoms with van der Waals surface area (Å²) in [6.45, 7) is 2.14. The fourth-order valence-electron chi connectivity index (χ4n) is 3.19. The van der Waals surface area contributed by atoms with Gasteiger partial charge in [0, 0.05) is 11.6 Å². The van der Waals surface area contributed by atoms with E-state index in [1.165, 1.54) is 0 Å². The first-order valence-electron chi connectivity index (χ1n) is 9.92. The quantitative estimate of drug-likeness (QED) is 0.517. The second kappa shape index (κ2) is 10.4. The van der Waals surface area contributed by atoms with E-state index in [2.05, 4.69) is 4.72 Å². The first-order valence-corrected chi connectivity index (χ1v) is 11.4. The molecule has 5 nitrogen and oxygen atoms in total. The van der Waals surface area contributed by atoms with Gasteiger partial charge < -0.3 is 9.84 Å². The van der Waals surface area contributed by atoms with Gasteiger partial charge in [-0.25, -0.2) is 13.1 Å². The molecule has 0 saturated carbocycles. The normalized spacial score (nSPS) is 12.5. The zero-order valence-corrected chi connectivity index (χ0v) is 17.8. The van der Waals surface area contributed by atoms with Gasteiger partial charge in [0.05, 0.1) is 18.1 Å². The number of aryl methyl sites for hydroxylation is 1. The molecular weight excluding hydrogens is 398 g/mol. The number of benzene rings is 3. The molecule has 3 aromatic rings. The zero-order valence-electron chi connectivity index (χ0n) is 17.0. The molecule has 0 aromatic heterocycles. The van der Waals surface area contributed by atoms with Crippen LogP contribution in [0.1, 0.15) is 23.1 Å². The van der Waals surface area contributed by atoms with E-state index < -0.39 is 10.0 Å². The molecule has 0 spiro atoms. The molecule has 0 amide bonds. The summed E-state index contributed by atoms with van der Waals surface area (Å²) >= 11 is 0. The van der Waals surface area contributed by atoms with Crippen LogP contribution >= 0.6 is 0 Å². The third-order valence-corrected chi connectivity index (χ3v) is 6.38. The maximum Gasteiger partial charge on any atom is 0.240 e. The predicted octanol–water partition coefficient (Wildman–Crippen LogP) is 3.85. The summed E-state index contributed by atoms with van der Waals surface area (Å²) < 4.78 is 34.5. The maximum atomic E-state index is 12.9. The Balaban J connectivity index is 1.72. The molecule has 0 aliphatic rings. The monoisotopic (exact) mass is 425 g/mol. The molecule has 158 valence electrons. The third kappa shape index (κ3) is 6.16. The predicted molar refractivity (Wildman–Crippen MR) is 118 cm³/mol. The van der Waals surface area contributed by atoms with Crippen LogP contribution in [0.5, 0.6) is 5.75 Å². The minimum atomic E-state index is -3.65. The fourth-order valence-corrected chi connectivity index (χ4v) is 4.46. The average molecular weight is 426 g/mol. The van der Waals surface area contributed by atoms with Gasteiger partial charge in [0.15, 0.2) is 0 Å². The van der Waals surface area contributed by atoms with Gasteiger partial charge in [0.1, 0.15) is 5.75 Å². The van der Waals surface area contributed by atoms with Crippen molar-refractivity contribution in [2.45, 2.75) is 37.3 Å². The number of nitrogens with one attached hydrogen (secondary N) is 1. The number of hydrogen-bond donors (Lipinski definition) is 2. The summed E-state index contributed by atoms with van der Waals surface area (Å²) in [7, 11) is -3.65. The van der Waals surface area contributed by atoms with Gasteiger partial charge in [-0.05, 0) is 43.5 Å². The Labute approximate surface area is 178 Å². The Morgan fingerprint density at radius 2 is 1.60 bits per heavy atom. The maximum absolute atomic E-state index is 12.9. The highest BCUT2D eigenvalue weighted by Gasteiger charge is 2.20. The van der Waals surface area contributed by atoms with Gasteiger partial charge >= 0.3 is 0 Å². The van der Waals surface area contributed by atoms with Crippen molar-refractivity contribution in [2.24, 2.45) is 0 Å². The van der Waals surface area contributed by atoms with Crippen LogP contribution in [0.3, 0.4) is 0 Å². The van der Waals surface area contributed by atoms with E-state index in [-0.39, 0.29) is 17.5 Å². The number of para-hydroxylation sites is 1. The Morgan fingerprint density at radius 3 is 2.30 bits per heavy atom. The van der Waals surface area contributed by atoms with Crippen molar-refractivity contribution in [1.82, 2.24) is 4.72 Å². The molecular formula is C24H27NO4S. The molecule has 0 fully saturated rings. The van der Waals surface area contributed by atoms with Crippen LogP contribution in [-0.2, 0) is 23.1 Å². The van der Waals surface area contributed by atoms with Gasteiger partial charge in [0.25, 0.3) is 0 Å². The van der Waals surface area contributed by atoms with Crippen molar-refractivity contribution >= 4 is 10.0 Å². The lowest BCUT2D eigenvalue weighted by atomic mass is 10.0. The van der Waals surface area contributed by atoms with Crippen molar-refractivity contribution in [2.75, 3.05) is 6.61 Å². The molecule has 6 heteroatoms. The highest BCUT2D eigenvalue weighted by molar-refractivity contribution is 7.89. The van der Waals surface area contributed by atoms with Crippen LogP contribution in [0.15, 0.2) is 83.8 Å². The van der Waals surface area contributed by atoms with E-state index >= 15 is 0 Å². The second-order valence-corrected chi connectivity index (χ2v) is 8.94. The molecule has 1 atom stereocenters. The molecule has 30 heavy (non-hydrogen) atoms. The van der Waals surface area contributed by atoms with Crippen LogP contribution in [0, 0.1) is 6.92 Å². The van der Waals surface area contributed by atoms with E-state index in [0.717, 1.165) is 11.1 Å². The number of rotatable bonds is 10. The van der Waals surface area contributed by atoms with Crippen LogP contribution in [-0.4, -0.2) is 26.2 Å². The van der Waals surface area contributed by atoms with Crippen molar-refractivity contribution in [3.8, 4) is 5.75 Å². The van der Waals surface area contributed by atoms with Crippen LogP contribution < -0.4 is 9.46 Å². The molecule has 2 N–H and O–H groups in total. The molecule has 0 aliphatic heterocycles. The van der Waals surface area contributed by atoms with E-state index in [4.69, 9.17) is 4.74 Å². The summed E-state index contributed by atoms with van der Waals surface area (Å²) in [5, 5.41) is 9.45. The number of hydrogen-bond acceptors (Lipinski definition) is 4. The Bertz CT molecular complexity index is 1030. The van der Waals surface area contributed by atoms with Crippen LogP contribution in [0.2, 0.25) is 0 Å². The minimum absolute atomic E-state index is 0.107. The molecule has 3 aromatic carbocycles. The van der Waals surface area contributed by atoms with Gasteiger partial charge in [-0.3, -0.25) is 0 Å². The summed E-state index contributed by atoms with van der Waals surface area (Å²) in [5.74, 6) is 0.611. The lowest BCUT2D eigenvalue weighted by molar-refractivity contribution is 0.256. The van der Waals surface area contributed by atoms with Crippen molar-refractivity contribution in [3.63, 3.8) is 0 Å². The van der Waals surface area contributed by atoms with Crippen LogP contribution in [0.25, 0.3) is 0 Å². The highest BCUT2D eigenvalue weighted by atomic mass is 32.2. The van der Waals surface area contributed by atoms with Crippen molar-refractivity contribution in [3.05, 3.63) is 95.6 Å². The second-order valence-electron chi connectivity index (χ2n) is 7.22. The van der Waals surface area contributed by atoms with E-state index in [0.29, 0.717) is 30.8 Å². The molecule has 0 radical (unpaired) electrons. The first-order chi connectivity index (χ1) is 14.5. The summed E-state index contributed by atoms with van der Waals surface area (Å²) in [5.41, 5.74) is 2.76. The molecule has 0 aliphatic carbocycles. The zero-order chi connectivity index (χ0) is 21.4. The van der Waals surface area contributed by atoms with Crippen LogP contribution in [0.4, 0.5) is 0 Å². The van der Waals surface area contributed by atoms with E-state index in [1.807, 2.05) is 49.4 Å². The fraction of sp³-hybridized carbons (Fsp3) is 0.250. The lowest BCUT2D eigenvalue weighted by Crippen LogP contribution is -2.37. The van der Waals surface area contributed by atoms with Crippen molar-refractivity contribution in [1.29, 1.82) is 0 Å². The summed E-state index contributed by atoms with van der Waals surface area (Å²) in [4.78, 5) is 0.248. The van der Waals surface area contributed by atoms with Gasteiger partial charge in [-0.15, -0.1) is 0 Å². The number of aliphatic hydroxyl groups excluding tert-OH is 1. The number of ether oxygens (including phenoxy) is 1. The Hall–Kier alpha value is -2.67. The summed E-state index contributed by atoms with van der Waals surface area (Å²) in [6, 6.07) is 23.5. The molecule has 0 bridgehead atoms. The Kier molecular flexibility index (Phi) is 7.63. The van der Waals surface area contributed by atoms with E-state index in [1.54, 1.807) is 36.4 Å². The van der Waals surface area contributed by atoms with Gasteiger partial charge in [0.2, 0.25) is 10.0 Å². The summed E-state index contributed by atoms with van der Waals surface area (Å²) in [6.07, 6.45) is 1.04.